The van der Waals surface area contributed by atoms with Crippen molar-refractivity contribution < 1.29 is 13.2 Å². The molecular formula is C18H23NO3S2. The van der Waals surface area contributed by atoms with Gasteiger partial charge in [-0.15, -0.1) is 11.8 Å². The van der Waals surface area contributed by atoms with E-state index < -0.39 is 9.84 Å². The highest BCUT2D eigenvalue weighted by atomic mass is 32.2. The Labute approximate surface area is 147 Å². The van der Waals surface area contributed by atoms with Crippen LogP contribution in [-0.2, 0) is 27.5 Å². The molecule has 4 nitrogen and oxygen atoms in total. The second-order valence-electron chi connectivity index (χ2n) is 7.16. The van der Waals surface area contributed by atoms with Crippen LogP contribution in [0.25, 0.3) is 0 Å². The average molecular weight is 366 g/mol. The van der Waals surface area contributed by atoms with E-state index in [9.17, 15) is 13.2 Å². The SMILES string of the molecule is O=C(CSc1ccc2c(c1)CCC2)N(C1CC1)[C@@H]1CCS(=O)(=O)C1. The molecule has 0 bridgehead atoms. The number of thioether (sulfide) groups is 1. The Hall–Kier alpha value is -1.01. The van der Waals surface area contributed by atoms with Crippen LogP contribution in [-0.4, -0.2) is 48.6 Å². The van der Waals surface area contributed by atoms with Gasteiger partial charge in [-0.2, -0.15) is 0 Å². The van der Waals surface area contributed by atoms with E-state index in [4.69, 9.17) is 0 Å². The highest BCUT2D eigenvalue weighted by Crippen LogP contribution is 2.34. The molecule has 24 heavy (non-hydrogen) atoms. The smallest absolute Gasteiger partial charge is 0.233 e. The molecule has 3 aliphatic rings. The van der Waals surface area contributed by atoms with Crippen molar-refractivity contribution >= 4 is 27.5 Å². The van der Waals surface area contributed by atoms with Crippen LogP contribution in [0, 0.1) is 0 Å². The van der Waals surface area contributed by atoms with Crippen LogP contribution in [0.2, 0.25) is 0 Å². The summed E-state index contributed by atoms with van der Waals surface area (Å²) in [6, 6.07) is 6.70. The van der Waals surface area contributed by atoms with Crippen LogP contribution in [0.5, 0.6) is 0 Å². The number of rotatable bonds is 5. The number of fused-ring (bicyclic) bond motifs is 1. The number of amides is 1. The largest absolute Gasteiger partial charge is 0.335 e. The first-order chi connectivity index (χ1) is 11.5. The number of sulfone groups is 1. The summed E-state index contributed by atoms with van der Waals surface area (Å²) in [5.41, 5.74) is 2.87. The van der Waals surface area contributed by atoms with Crippen molar-refractivity contribution in [1.29, 1.82) is 0 Å². The van der Waals surface area contributed by atoms with Crippen molar-refractivity contribution in [2.45, 2.75) is 55.5 Å². The van der Waals surface area contributed by atoms with E-state index in [-0.39, 0.29) is 29.5 Å². The Morgan fingerprint density at radius 1 is 1.12 bits per heavy atom. The zero-order valence-electron chi connectivity index (χ0n) is 13.7. The lowest BCUT2D eigenvalue weighted by Crippen LogP contribution is -2.43. The van der Waals surface area contributed by atoms with Crippen LogP contribution in [0.4, 0.5) is 0 Å². The van der Waals surface area contributed by atoms with Gasteiger partial charge in [0.15, 0.2) is 9.84 Å². The summed E-state index contributed by atoms with van der Waals surface area (Å²) in [5, 5.41) is 0. The maximum Gasteiger partial charge on any atom is 0.233 e. The minimum atomic E-state index is -2.95. The Morgan fingerprint density at radius 2 is 1.92 bits per heavy atom. The summed E-state index contributed by atoms with van der Waals surface area (Å²) >= 11 is 1.59. The van der Waals surface area contributed by atoms with Gasteiger partial charge in [-0.3, -0.25) is 4.79 Å². The maximum atomic E-state index is 12.7. The second-order valence-corrected chi connectivity index (χ2v) is 10.4. The lowest BCUT2D eigenvalue weighted by molar-refractivity contribution is -0.130. The van der Waals surface area contributed by atoms with Crippen molar-refractivity contribution in [2.75, 3.05) is 17.3 Å². The molecule has 1 atom stereocenters. The maximum absolute atomic E-state index is 12.7. The second kappa shape index (κ2) is 6.37. The van der Waals surface area contributed by atoms with E-state index >= 15 is 0 Å². The summed E-state index contributed by atoms with van der Waals surface area (Å²) in [6.07, 6.45) is 6.19. The molecule has 0 aromatic heterocycles. The minimum absolute atomic E-state index is 0.101. The summed E-state index contributed by atoms with van der Waals surface area (Å²) in [5.74, 6) is 0.890. The molecule has 1 aromatic rings. The Bertz CT molecular complexity index is 756. The number of hydrogen-bond donors (Lipinski definition) is 0. The predicted molar refractivity (Wildman–Crippen MR) is 96.1 cm³/mol. The van der Waals surface area contributed by atoms with E-state index in [0.29, 0.717) is 12.2 Å². The van der Waals surface area contributed by atoms with Crippen LogP contribution in [0.15, 0.2) is 23.1 Å². The van der Waals surface area contributed by atoms with Crippen LogP contribution in [0.1, 0.15) is 36.8 Å². The molecule has 1 aliphatic heterocycles. The number of nitrogens with zero attached hydrogens (tertiary/aromatic N) is 1. The fourth-order valence-electron chi connectivity index (χ4n) is 3.91. The molecular weight excluding hydrogens is 342 g/mol. The Morgan fingerprint density at radius 3 is 2.62 bits per heavy atom. The quantitative estimate of drug-likeness (QED) is 0.752. The topological polar surface area (TPSA) is 54.5 Å². The molecule has 2 aliphatic carbocycles. The first-order valence-corrected chi connectivity index (χ1v) is 11.6. The lowest BCUT2D eigenvalue weighted by atomic mass is 10.1. The normalized spacial score (nSPS) is 24.8. The van der Waals surface area contributed by atoms with Crippen molar-refractivity contribution in [2.24, 2.45) is 0 Å². The van der Waals surface area contributed by atoms with Gasteiger partial charge in [0, 0.05) is 17.0 Å². The average Bonchev–Trinajstić information content (AvgIpc) is 3.14. The minimum Gasteiger partial charge on any atom is -0.335 e. The highest BCUT2D eigenvalue weighted by molar-refractivity contribution is 8.00. The molecule has 1 amide bonds. The predicted octanol–water partition coefficient (Wildman–Crippen LogP) is 2.45. The summed E-state index contributed by atoms with van der Waals surface area (Å²) in [7, 11) is -2.95. The molecule has 1 heterocycles. The molecule has 1 saturated heterocycles. The molecule has 0 N–H and O–H groups in total. The monoisotopic (exact) mass is 365 g/mol. The fraction of sp³-hybridized carbons (Fsp3) is 0.611. The molecule has 0 spiro atoms. The van der Waals surface area contributed by atoms with Gasteiger partial charge in [0.05, 0.1) is 17.3 Å². The summed E-state index contributed by atoms with van der Waals surface area (Å²) in [4.78, 5) is 15.8. The summed E-state index contributed by atoms with van der Waals surface area (Å²) < 4.78 is 23.5. The number of hydrogen-bond acceptors (Lipinski definition) is 4. The number of carbonyl (C=O) groups excluding carboxylic acids is 1. The van der Waals surface area contributed by atoms with Gasteiger partial charge in [-0.05, 0) is 61.8 Å². The van der Waals surface area contributed by atoms with Crippen molar-refractivity contribution in [1.82, 2.24) is 4.90 Å². The van der Waals surface area contributed by atoms with Crippen LogP contribution >= 0.6 is 11.8 Å². The zero-order chi connectivity index (χ0) is 16.7. The van der Waals surface area contributed by atoms with Crippen LogP contribution in [0.3, 0.4) is 0 Å². The molecule has 130 valence electrons. The van der Waals surface area contributed by atoms with Gasteiger partial charge in [-0.1, -0.05) is 6.07 Å². The molecule has 1 aromatic carbocycles. The third kappa shape index (κ3) is 3.49. The number of carbonyl (C=O) groups is 1. The van der Waals surface area contributed by atoms with Gasteiger partial charge in [0.1, 0.15) is 0 Å². The molecule has 4 rings (SSSR count). The standard InChI is InChI=1S/C18H23NO3S2/c20-18(11-23-17-7-4-13-2-1-3-14(13)10-17)19(15-5-6-15)16-8-9-24(21,22)12-16/h4,7,10,15-16H,1-3,5-6,8-9,11-12H2/t16-/m1/s1. The van der Waals surface area contributed by atoms with E-state index in [0.717, 1.165) is 24.2 Å². The first-order valence-electron chi connectivity index (χ1n) is 8.78. The molecule has 0 unspecified atom stereocenters. The Balaban J connectivity index is 1.41. The van der Waals surface area contributed by atoms with Gasteiger partial charge < -0.3 is 4.90 Å². The van der Waals surface area contributed by atoms with E-state index in [1.807, 2.05) is 4.90 Å². The zero-order valence-corrected chi connectivity index (χ0v) is 15.4. The van der Waals surface area contributed by atoms with E-state index in [2.05, 4.69) is 18.2 Å². The third-order valence-corrected chi connectivity index (χ3v) is 7.99. The van der Waals surface area contributed by atoms with Gasteiger partial charge >= 0.3 is 0 Å². The van der Waals surface area contributed by atoms with E-state index in [1.54, 1.807) is 11.8 Å². The molecule has 6 heteroatoms. The third-order valence-electron chi connectivity index (χ3n) is 5.26. The molecule has 1 saturated carbocycles. The van der Waals surface area contributed by atoms with Crippen molar-refractivity contribution in [3.63, 3.8) is 0 Å². The first kappa shape index (κ1) is 16.5. The number of benzene rings is 1. The molecule has 2 fully saturated rings. The fourth-order valence-corrected chi connectivity index (χ4v) is 6.45. The van der Waals surface area contributed by atoms with Crippen molar-refractivity contribution in [3.8, 4) is 0 Å². The van der Waals surface area contributed by atoms with E-state index in [1.165, 1.54) is 24.0 Å². The number of aryl methyl sites for hydroxylation is 2. The summed E-state index contributed by atoms with van der Waals surface area (Å²) in [6.45, 7) is 0. The van der Waals surface area contributed by atoms with Gasteiger partial charge in [0.2, 0.25) is 5.91 Å². The van der Waals surface area contributed by atoms with Crippen molar-refractivity contribution in [3.05, 3.63) is 29.3 Å². The van der Waals surface area contributed by atoms with Gasteiger partial charge in [0.25, 0.3) is 0 Å². The lowest BCUT2D eigenvalue weighted by Gasteiger charge is -2.28. The highest BCUT2D eigenvalue weighted by Gasteiger charge is 2.41. The van der Waals surface area contributed by atoms with Gasteiger partial charge in [-0.25, -0.2) is 8.42 Å². The Kier molecular flexibility index (Phi) is 4.37. The van der Waals surface area contributed by atoms with Crippen LogP contribution < -0.4 is 0 Å². The molecule has 0 radical (unpaired) electrons.